The monoisotopic (exact) mass is 233 g/mol. The maximum absolute atomic E-state index is 9.42. The minimum Gasteiger partial charge on any atom is -0.393 e. The van der Waals surface area contributed by atoms with Gasteiger partial charge in [0.15, 0.2) is 0 Å². The lowest BCUT2D eigenvalue weighted by atomic mass is 10.0. The highest BCUT2D eigenvalue weighted by Gasteiger charge is 2.32. The molecular formula is C15H23NO. The number of nitrogens with one attached hydrogen (secondary N) is 1. The van der Waals surface area contributed by atoms with Crippen molar-refractivity contribution in [2.24, 2.45) is 5.92 Å². The van der Waals surface area contributed by atoms with Gasteiger partial charge in [-0.05, 0) is 44.6 Å². The van der Waals surface area contributed by atoms with Gasteiger partial charge < -0.3 is 10.4 Å². The van der Waals surface area contributed by atoms with Crippen LogP contribution in [0.5, 0.6) is 0 Å². The lowest BCUT2D eigenvalue weighted by Gasteiger charge is -2.24. The summed E-state index contributed by atoms with van der Waals surface area (Å²) in [4.78, 5) is 0. The van der Waals surface area contributed by atoms with Crippen LogP contribution in [-0.4, -0.2) is 17.3 Å². The van der Waals surface area contributed by atoms with Gasteiger partial charge >= 0.3 is 0 Å². The molecule has 3 unspecified atom stereocenters. The molecule has 0 amide bonds. The van der Waals surface area contributed by atoms with Gasteiger partial charge in [0.1, 0.15) is 0 Å². The third-order valence-corrected chi connectivity index (χ3v) is 3.41. The zero-order chi connectivity index (χ0) is 12.3. The van der Waals surface area contributed by atoms with E-state index in [2.05, 4.69) is 42.6 Å². The van der Waals surface area contributed by atoms with Crippen LogP contribution in [0.4, 0.5) is 0 Å². The first-order chi connectivity index (χ1) is 8.16. The average molecular weight is 233 g/mol. The van der Waals surface area contributed by atoms with Gasteiger partial charge in [0.25, 0.3) is 0 Å². The van der Waals surface area contributed by atoms with Crippen molar-refractivity contribution in [2.75, 3.05) is 0 Å². The van der Waals surface area contributed by atoms with Crippen LogP contribution in [0.3, 0.4) is 0 Å². The second-order valence-electron chi connectivity index (χ2n) is 5.38. The fourth-order valence-electron chi connectivity index (χ4n) is 2.48. The second kappa shape index (κ2) is 5.65. The fourth-order valence-corrected chi connectivity index (χ4v) is 2.48. The summed E-state index contributed by atoms with van der Waals surface area (Å²) in [6.07, 6.45) is 3.24. The Labute approximate surface area is 104 Å². The molecule has 1 aromatic carbocycles. The summed E-state index contributed by atoms with van der Waals surface area (Å²) in [6.45, 7) is 4.01. The van der Waals surface area contributed by atoms with E-state index in [9.17, 15) is 5.11 Å². The van der Waals surface area contributed by atoms with Crippen molar-refractivity contribution >= 4 is 0 Å². The topological polar surface area (TPSA) is 32.3 Å². The number of hydrogen-bond donors (Lipinski definition) is 2. The molecule has 3 atom stereocenters. The molecule has 94 valence electrons. The van der Waals surface area contributed by atoms with Crippen molar-refractivity contribution in [2.45, 2.75) is 51.3 Å². The molecule has 0 saturated heterocycles. The van der Waals surface area contributed by atoms with E-state index in [-0.39, 0.29) is 6.10 Å². The minimum atomic E-state index is -0.229. The quantitative estimate of drug-likeness (QED) is 0.792. The molecule has 1 aliphatic carbocycles. The van der Waals surface area contributed by atoms with Crippen molar-refractivity contribution in [3.8, 4) is 0 Å². The zero-order valence-electron chi connectivity index (χ0n) is 10.8. The Morgan fingerprint density at radius 2 is 1.88 bits per heavy atom. The first kappa shape index (κ1) is 12.6. The second-order valence-corrected chi connectivity index (χ2v) is 5.38. The molecule has 2 heteroatoms. The highest BCUT2D eigenvalue weighted by atomic mass is 16.3. The summed E-state index contributed by atoms with van der Waals surface area (Å²) >= 11 is 0. The van der Waals surface area contributed by atoms with E-state index in [1.165, 1.54) is 18.4 Å². The van der Waals surface area contributed by atoms with Gasteiger partial charge in [0.05, 0.1) is 6.10 Å². The van der Waals surface area contributed by atoms with Crippen molar-refractivity contribution in [3.05, 3.63) is 35.9 Å². The molecular weight excluding hydrogens is 210 g/mol. The largest absolute Gasteiger partial charge is 0.393 e. The van der Waals surface area contributed by atoms with Crippen LogP contribution in [0, 0.1) is 5.92 Å². The molecule has 1 aromatic rings. The van der Waals surface area contributed by atoms with Crippen LogP contribution >= 0.6 is 0 Å². The highest BCUT2D eigenvalue weighted by molar-refractivity contribution is 5.21. The Morgan fingerprint density at radius 1 is 1.24 bits per heavy atom. The fraction of sp³-hybridized carbons (Fsp3) is 0.600. The summed E-state index contributed by atoms with van der Waals surface area (Å²) in [6, 6.07) is 11.5. The lowest BCUT2D eigenvalue weighted by Crippen LogP contribution is -2.33. The molecule has 0 aromatic heterocycles. The van der Waals surface area contributed by atoms with Gasteiger partial charge in [-0.3, -0.25) is 0 Å². The van der Waals surface area contributed by atoms with E-state index in [1.807, 2.05) is 6.92 Å². The molecule has 0 bridgehead atoms. The van der Waals surface area contributed by atoms with E-state index in [0.29, 0.717) is 12.1 Å². The SMILES string of the molecule is CC(O)CC(C)NC(c1ccccc1)C1CC1. The van der Waals surface area contributed by atoms with Gasteiger partial charge in [0, 0.05) is 12.1 Å². The van der Waals surface area contributed by atoms with Crippen molar-refractivity contribution in [1.82, 2.24) is 5.32 Å². The van der Waals surface area contributed by atoms with Crippen LogP contribution in [0.25, 0.3) is 0 Å². The first-order valence-corrected chi connectivity index (χ1v) is 6.66. The van der Waals surface area contributed by atoms with Crippen LogP contribution in [-0.2, 0) is 0 Å². The van der Waals surface area contributed by atoms with Gasteiger partial charge in [-0.25, -0.2) is 0 Å². The average Bonchev–Trinajstić information content (AvgIpc) is 3.10. The predicted octanol–water partition coefficient (Wildman–Crippen LogP) is 2.89. The van der Waals surface area contributed by atoms with Gasteiger partial charge in [-0.15, -0.1) is 0 Å². The Morgan fingerprint density at radius 3 is 2.41 bits per heavy atom. The molecule has 2 rings (SSSR count). The molecule has 2 nitrogen and oxygen atoms in total. The summed E-state index contributed by atoms with van der Waals surface area (Å²) < 4.78 is 0. The van der Waals surface area contributed by atoms with Gasteiger partial charge in [0.2, 0.25) is 0 Å². The van der Waals surface area contributed by atoms with Crippen molar-refractivity contribution in [3.63, 3.8) is 0 Å². The predicted molar refractivity (Wildman–Crippen MR) is 70.8 cm³/mol. The van der Waals surface area contributed by atoms with Crippen LogP contribution in [0.15, 0.2) is 30.3 Å². The first-order valence-electron chi connectivity index (χ1n) is 6.66. The summed E-state index contributed by atoms with van der Waals surface area (Å²) in [7, 11) is 0. The molecule has 2 N–H and O–H groups in total. The van der Waals surface area contributed by atoms with Crippen molar-refractivity contribution < 1.29 is 5.11 Å². The van der Waals surface area contributed by atoms with Crippen LogP contribution in [0.2, 0.25) is 0 Å². The molecule has 1 saturated carbocycles. The van der Waals surface area contributed by atoms with Crippen molar-refractivity contribution in [1.29, 1.82) is 0 Å². The van der Waals surface area contributed by atoms with E-state index in [1.54, 1.807) is 0 Å². The Kier molecular flexibility index (Phi) is 4.19. The Hall–Kier alpha value is -0.860. The molecule has 0 radical (unpaired) electrons. The van der Waals surface area contributed by atoms with Crippen LogP contribution < -0.4 is 5.32 Å². The van der Waals surface area contributed by atoms with E-state index >= 15 is 0 Å². The number of hydrogen-bond acceptors (Lipinski definition) is 2. The standard InChI is InChI=1S/C15H23NO/c1-11(10-12(2)17)16-15(14-8-9-14)13-6-4-3-5-7-13/h3-7,11-12,14-17H,8-10H2,1-2H3. The maximum Gasteiger partial charge on any atom is 0.0526 e. The Balaban J connectivity index is 1.98. The molecule has 1 fully saturated rings. The lowest BCUT2D eigenvalue weighted by molar-refractivity contribution is 0.166. The van der Waals surface area contributed by atoms with E-state index in [0.717, 1.165) is 12.3 Å². The summed E-state index contributed by atoms with van der Waals surface area (Å²) in [5.41, 5.74) is 1.38. The normalized spacial score (nSPS) is 20.9. The minimum absolute atomic E-state index is 0.229. The molecule has 17 heavy (non-hydrogen) atoms. The summed E-state index contributed by atoms with van der Waals surface area (Å²) in [5, 5.41) is 13.1. The van der Waals surface area contributed by atoms with E-state index in [4.69, 9.17) is 0 Å². The number of benzene rings is 1. The summed E-state index contributed by atoms with van der Waals surface area (Å²) in [5.74, 6) is 0.786. The maximum atomic E-state index is 9.42. The third kappa shape index (κ3) is 3.83. The van der Waals surface area contributed by atoms with E-state index < -0.39 is 0 Å². The number of rotatable bonds is 6. The van der Waals surface area contributed by atoms with Gasteiger partial charge in [-0.1, -0.05) is 30.3 Å². The molecule has 0 aliphatic heterocycles. The third-order valence-electron chi connectivity index (χ3n) is 3.41. The number of aliphatic hydroxyl groups is 1. The van der Waals surface area contributed by atoms with Crippen LogP contribution in [0.1, 0.15) is 44.7 Å². The molecule has 0 spiro atoms. The number of aliphatic hydroxyl groups excluding tert-OH is 1. The smallest absolute Gasteiger partial charge is 0.0526 e. The zero-order valence-corrected chi connectivity index (χ0v) is 10.8. The molecule has 0 heterocycles. The Bertz CT molecular complexity index is 332. The van der Waals surface area contributed by atoms with Gasteiger partial charge in [-0.2, -0.15) is 0 Å². The molecule has 1 aliphatic rings. The highest BCUT2D eigenvalue weighted by Crippen LogP contribution is 2.41.